The van der Waals surface area contributed by atoms with Gasteiger partial charge in [-0.15, -0.1) is 0 Å². The minimum absolute atomic E-state index is 0.0684. The fraction of sp³-hybridized carbons (Fsp3) is 0.111. The number of nitrogens with zero attached hydrogens (tertiary/aromatic N) is 3. The largest absolute Gasteiger partial charge is 0.486 e. The molecule has 0 fully saturated rings. The van der Waals surface area contributed by atoms with Crippen LogP contribution in [-0.2, 0) is 6.54 Å². The van der Waals surface area contributed by atoms with E-state index in [1.54, 1.807) is 18.3 Å². The van der Waals surface area contributed by atoms with Crippen LogP contribution in [0.1, 0.15) is 5.56 Å². The standard InChI is InChI=1S/C18H14N2O5.C9H5NO4/c21-18-14-2-1-3-15(20(22)23)13(14)6-7-19(18)11-12-4-5-16-17(10-12)25-9-8-24-16;11-9-7-2-1-3-8(10(12)13)6(7)4-5-14-9/h1-7,10H,8-9,11H2;1-5H. The molecule has 0 saturated heterocycles. The van der Waals surface area contributed by atoms with E-state index in [0.717, 1.165) is 11.8 Å². The summed E-state index contributed by atoms with van der Waals surface area (Å²) in [5, 5.41) is 22.9. The van der Waals surface area contributed by atoms with E-state index in [9.17, 15) is 29.8 Å². The number of rotatable bonds is 4. The Kier molecular flexibility index (Phi) is 6.74. The molecule has 12 nitrogen and oxygen atoms in total. The summed E-state index contributed by atoms with van der Waals surface area (Å²) < 4.78 is 17.2. The number of hydrogen-bond donors (Lipinski definition) is 0. The lowest BCUT2D eigenvalue weighted by Gasteiger charge is -2.19. The van der Waals surface area contributed by atoms with E-state index in [2.05, 4.69) is 4.42 Å². The van der Waals surface area contributed by atoms with Gasteiger partial charge in [-0.1, -0.05) is 18.2 Å². The van der Waals surface area contributed by atoms with Gasteiger partial charge >= 0.3 is 5.63 Å². The molecule has 0 radical (unpaired) electrons. The SMILES string of the molecule is O=c1c2cccc([N+](=O)[O-])c2ccn1Cc1ccc2c(c1)OCCO2.O=c1occc2c([N+](=O)[O-])cccc12. The first-order chi connectivity index (χ1) is 18.8. The van der Waals surface area contributed by atoms with Crippen LogP contribution in [0.15, 0.2) is 93.2 Å². The van der Waals surface area contributed by atoms with Crippen molar-refractivity contribution in [1.82, 2.24) is 4.57 Å². The summed E-state index contributed by atoms with van der Waals surface area (Å²) in [6.07, 6.45) is 2.73. The molecule has 5 aromatic rings. The van der Waals surface area contributed by atoms with Crippen molar-refractivity contribution in [1.29, 1.82) is 0 Å². The number of nitro groups is 2. The lowest BCUT2D eigenvalue weighted by atomic mass is 10.1. The van der Waals surface area contributed by atoms with Crippen molar-refractivity contribution in [3.05, 3.63) is 126 Å². The Labute approximate surface area is 218 Å². The summed E-state index contributed by atoms with van der Waals surface area (Å²) >= 11 is 0. The number of ether oxygens (including phenoxy) is 2. The first-order valence-electron chi connectivity index (χ1n) is 11.6. The third-order valence-electron chi connectivity index (χ3n) is 6.06. The van der Waals surface area contributed by atoms with Crippen molar-refractivity contribution in [2.45, 2.75) is 6.54 Å². The van der Waals surface area contributed by atoms with Crippen LogP contribution in [0.25, 0.3) is 21.5 Å². The molecule has 0 atom stereocenters. The van der Waals surface area contributed by atoms with Crippen LogP contribution in [-0.4, -0.2) is 27.6 Å². The predicted molar refractivity (Wildman–Crippen MR) is 141 cm³/mol. The van der Waals surface area contributed by atoms with Crippen molar-refractivity contribution in [3.8, 4) is 11.5 Å². The Balaban J connectivity index is 0.000000186. The van der Waals surface area contributed by atoms with Crippen LogP contribution >= 0.6 is 0 Å². The topological polar surface area (TPSA) is 157 Å². The molecule has 0 N–H and O–H groups in total. The van der Waals surface area contributed by atoms with Gasteiger partial charge in [0.05, 0.1) is 44.2 Å². The molecular formula is C27H19N3O9. The van der Waals surface area contributed by atoms with Gasteiger partial charge in [-0.2, -0.15) is 0 Å². The van der Waals surface area contributed by atoms with Crippen LogP contribution in [0, 0.1) is 20.2 Å². The van der Waals surface area contributed by atoms with Gasteiger partial charge in [0, 0.05) is 18.3 Å². The van der Waals surface area contributed by atoms with Gasteiger partial charge in [0.1, 0.15) is 13.2 Å². The Morgan fingerprint density at radius 1 is 0.744 bits per heavy atom. The zero-order chi connectivity index (χ0) is 27.5. The van der Waals surface area contributed by atoms with Crippen LogP contribution < -0.4 is 20.7 Å². The van der Waals surface area contributed by atoms with Crippen molar-refractivity contribution >= 4 is 32.9 Å². The second kappa shape index (κ2) is 10.5. The van der Waals surface area contributed by atoms with E-state index in [-0.39, 0.29) is 22.3 Å². The summed E-state index contributed by atoms with van der Waals surface area (Å²) in [4.78, 5) is 44.5. The number of hydrogen-bond acceptors (Lipinski definition) is 9. The maximum atomic E-state index is 12.7. The fourth-order valence-corrected chi connectivity index (χ4v) is 4.26. The molecule has 1 aliphatic rings. The fourth-order valence-electron chi connectivity index (χ4n) is 4.26. The monoisotopic (exact) mass is 529 g/mol. The number of pyridine rings is 1. The molecule has 0 spiro atoms. The maximum Gasteiger partial charge on any atom is 0.343 e. The van der Waals surface area contributed by atoms with E-state index in [4.69, 9.17) is 9.47 Å². The number of non-ortho nitro benzene ring substituents is 2. The third kappa shape index (κ3) is 5.03. The van der Waals surface area contributed by atoms with Gasteiger partial charge in [0.25, 0.3) is 16.9 Å². The smallest absolute Gasteiger partial charge is 0.343 e. The lowest BCUT2D eigenvalue weighted by Crippen LogP contribution is -2.20. The first-order valence-corrected chi connectivity index (χ1v) is 11.6. The molecule has 1 aliphatic heterocycles. The molecule has 12 heteroatoms. The predicted octanol–water partition coefficient (Wildman–Crippen LogP) is 4.43. The van der Waals surface area contributed by atoms with Crippen LogP contribution in [0.3, 0.4) is 0 Å². The first kappa shape index (κ1) is 25.1. The summed E-state index contributed by atoms with van der Waals surface area (Å²) in [6, 6.07) is 17.4. The second-order valence-corrected chi connectivity index (χ2v) is 8.43. The van der Waals surface area contributed by atoms with Crippen LogP contribution in [0.2, 0.25) is 0 Å². The van der Waals surface area contributed by atoms with E-state index < -0.39 is 15.5 Å². The number of nitro benzene ring substituents is 2. The lowest BCUT2D eigenvalue weighted by molar-refractivity contribution is -0.383. The zero-order valence-electron chi connectivity index (χ0n) is 20.1. The number of fused-ring (bicyclic) bond motifs is 3. The molecule has 0 aliphatic carbocycles. The van der Waals surface area contributed by atoms with Gasteiger partial charge < -0.3 is 18.5 Å². The van der Waals surface area contributed by atoms with Crippen molar-refractivity contribution in [2.24, 2.45) is 0 Å². The highest BCUT2D eigenvalue weighted by atomic mass is 16.6. The zero-order valence-corrected chi connectivity index (χ0v) is 20.1. The Hall–Kier alpha value is -5.52. The van der Waals surface area contributed by atoms with Gasteiger partial charge in [-0.05, 0) is 42.0 Å². The minimum atomic E-state index is -0.564. The van der Waals surface area contributed by atoms with Gasteiger partial charge in [0.2, 0.25) is 0 Å². The summed E-state index contributed by atoms with van der Waals surface area (Å²) in [5.74, 6) is 1.35. The molecule has 0 saturated carbocycles. The number of benzene rings is 3. The van der Waals surface area contributed by atoms with Crippen molar-refractivity contribution in [2.75, 3.05) is 13.2 Å². The Bertz CT molecular complexity index is 1860. The van der Waals surface area contributed by atoms with Gasteiger partial charge in [-0.3, -0.25) is 25.0 Å². The summed E-state index contributed by atoms with van der Waals surface area (Å²) in [5.41, 5.74) is -0.102. The van der Waals surface area contributed by atoms with E-state index in [0.29, 0.717) is 47.4 Å². The van der Waals surface area contributed by atoms with Crippen molar-refractivity contribution in [3.63, 3.8) is 0 Å². The quantitative estimate of drug-likeness (QED) is 0.243. The average molecular weight is 529 g/mol. The molecule has 0 unspecified atom stereocenters. The van der Waals surface area contributed by atoms with E-state index in [1.165, 1.54) is 41.0 Å². The molecule has 6 rings (SSSR count). The highest BCUT2D eigenvalue weighted by molar-refractivity contribution is 5.90. The summed E-state index contributed by atoms with van der Waals surface area (Å²) in [6.45, 7) is 1.36. The Morgan fingerprint density at radius 3 is 2.08 bits per heavy atom. The van der Waals surface area contributed by atoms with E-state index >= 15 is 0 Å². The highest BCUT2D eigenvalue weighted by Gasteiger charge is 2.16. The second-order valence-electron chi connectivity index (χ2n) is 8.43. The minimum Gasteiger partial charge on any atom is -0.486 e. The third-order valence-corrected chi connectivity index (χ3v) is 6.06. The molecular weight excluding hydrogens is 510 g/mol. The molecule has 0 bridgehead atoms. The molecule has 196 valence electrons. The molecule has 0 amide bonds. The molecule has 3 heterocycles. The Morgan fingerprint density at radius 2 is 1.38 bits per heavy atom. The highest BCUT2D eigenvalue weighted by Crippen LogP contribution is 2.31. The van der Waals surface area contributed by atoms with Crippen LogP contribution in [0.5, 0.6) is 11.5 Å². The van der Waals surface area contributed by atoms with Gasteiger partial charge in [0.15, 0.2) is 11.5 Å². The average Bonchev–Trinajstić information content (AvgIpc) is 2.94. The molecule has 2 aromatic heterocycles. The van der Waals surface area contributed by atoms with E-state index in [1.807, 2.05) is 18.2 Å². The molecule has 3 aromatic carbocycles. The van der Waals surface area contributed by atoms with Crippen molar-refractivity contribution < 1.29 is 23.7 Å². The summed E-state index contributed by atoms with van der Waals surface area (Å²) in [7, 11) is 0. The van der Waals surface area contributed by atoms with Crippen LogP contribution in [0.4, 0.5) is 11.4 Å². The molecule has 39 heavy (non-hydrogen) atoms. The maximum absolute atomic E-state index is 12.7. The van der Waals surface area contributed by atoms with Gasteiger partial charge in [-0.25, -0.2) is 4.79 Å². The normalized spacial score (nSPS) is 12.0. The number of aromatic nitrogens is 1.